The first-order valence-corrected chi connectivity index (χ1v) is 7.02. The highest BCUT2D eigenvalue weighted by atomic mass is 32.2. The van der Waals surface area contributed by atoms with Crippen molar-refractivity contribution in [3.63, 3.8) is 0 Å². The molecule has 1 atom stereocenters. The van der Waals surface area contributed by atoms with E-state index in [0.717, 1.165) is 35.4 Å². The third kappa shape index (κ3) is 1.99. The van der Waals surface area contributed by atoms with Gasteiger partial charge in [-0.15, -0.1) is 11.8 Å². The van der Waals surface area contributed by atoms with Crippen LogP contribution in [0.3, 0.4) is 0 Å². The van der Waals surface area contributed by atoms with Gasteiger partial charge in [0.05, 0.1) is 22.4 Å². The number of nitriles is 1. The fourth-order valence-electron chi connectivity index (χ4n) is 2.24. The molecule has 1 heterocycles. The van der Waals surface area contributed by atoms with Gasteiger partial charge in [0.2, 0.25) is 5.91 Å². The Bertz CT molecular complexity index is 557. The van der Waals surface area contributed by atoms with Crippen LogP contribution >= 0.6 is 11.8 Å². The molecule has 18 heavy (non-hydrogen) atoms. The molecule has 92 valence electrons. The molecule has 0 spiro atoms. The number of thioether (sulfide) groups is 1. The van der Waals surface area contributed by atoms with Crippen molar-refractivity contribution in [2.24, 2.45) is 5.41 Å². The Labute approximate surface area is 111 Å². The van der Waals surface area contributed by atoms with Crippen LogP contribution in [0.25, 0.3) is 0 Å². The maximum atomic E-state index is 11.6. The van der Waals surface area contributed by atoms with Crippen molar-refractivity contribution >= 4 is 23.4 Å². The quantitative estimate of drug-likeness (QED) is 0.887. The smallest absolute Gasteiger partial charge is 0.237 e. The fourth-order valence-corrected chi connectivity index (χ4v) is 3.17. The molecule has 3 nitrogen and oxygen atoms in total. The van der Waals surface area contributed by atoms with Crippen molar-refractivity contribution in [1.82, 2.24) is 0 Å². The van der Waals surface area contributed by atoms with Crippen LogP contribution in [0.1, 0.15) is 25.3 Å². The molecule has 0 bridgehead atoms. The minimum Gasteiger partial charge on any atom is -0.324 e. The number of amides is 1. The Hall–Kier alpha value is -1.47. The molecule has 0 radical (unpaired) electrons. The summed E-state index contributed by atoms with van der Waals surface area (Å²) in [4.78, 5) is 12.8. The average Bonchev–Trinajstić information content (AvgIpc) is 3.12. The Morgan fingerprint density at radius 1 is 1.56 bits per heavy atom. The summed E-state index contributed by atoms with van der Waals surface area (Å²) in [5.41, 5.74) is 1.91. The van der Waals surface area contributed by atoms with E-state index in [9.17, 15) is 4.79 Å². The minimum absolute atomic E-state index is 0.0303. The highest BCUT2D eigenvalue weighted by Crippen LogP contribution is 2.48. The molecule has 1 aliphatic carbocycles. The molecular formula is C14H14N2OS. The lowest BCUT2D eigenvalue weighted by molar-refractivity contribution is -0.115. The topological polar surface area (TPSA) is 52.9 Å². The van der Waals surface area contributed by atoms with Crippen LogP contribution < -0.4 is 5.32 Å². The van der Waals surface area contributed by atoms with E-state index in [4.69, 9.17) is 5.26 Å². The van der Waals surface area contributed by atoms with E-state index < -0.39 is 0 Å². The van der Waals surface area contributed by atoms with Crippen molar-refractivity contribution in [2.75, 3.05) is 5.32 Å². The summed E-state index contributed by atoms with van der Waals surface area (Å²) in [5, 5.41) is 12.0. The van der Waals surface area contributed by atoms with Crippen LogP contribution in [0.5, 0.6) is 0 Å². The number of nitrogens with one attached hydrogen (secondary N) is 1. The number of nitrogens with zero attached hydrogens (tertiary/aromatic N) is 1. The predicted octanol–water partition coefficient (Wildman–Crippen LogP) is 2.97. The molecule has 0 aromatic heterocycles. The lowest BCUT2D eigenvalue weighted by atomic mass is 9.98. The Kier molecular flexibility index (Phi) is 2.60. The molecule has 1 N–H and O–H groups in total. The summed E-state index contributed by atoms with van der Waals surface area (Å²) in [6.07, 6.45) is 2.80. The van der Waals surface area contributed by atoms with Crippen molar-refractivity contribution in [3.8, 4) is 6.07 Å². The van der Waals surface area contributed by atoms with Gasteiger partial charge in [-0.2, -0.15) is 5.26 Å². The summed E-state index contributed by atoms with van der Waals surface area (Å²) in [6, 6.07) is 8.55. The van der Waals surface area contributed by atoms with Crippen molar-refractivity contribution < 1.29 is 4.79 Å². The van der Waals surface area contributed by atoms with E-state index in [1.54, 1.807) is 11.8 Å². The zero-order chi connectivity index (χ0) is 12.8. The second-order valence-electron chi connectivity index (χ2n) is 5.15. The van der Waals surface area contributed by atoms with Crippen LogP contribution in [0.2, 0.25) is 0 Å². The van der Waals surface area contributed by atoms with Gasteiger partial charge in [-0.25, -0.2) is 0 Å². The molecule has 4 heteroatoms. The average molecular weight is 258 g/mol. The van der Waals surface area contributed by atoms with Gasteiger partial charge in [0.25, 0.3) is 0 Å². The first-order chi connectivity index (χ1) is 8.62. The second-order valence-corrected chi connectivity index (χ2v) is 6.53. The van der Waals surface area contributed by atoms with Crippen molar-refractivity contribution in [1.29, 1.82) is 5.26 Å². The molecule has 1 saturated carbocycles. The lowest BCUT2D eigenvalue weighted by Crippen LogP contribution is -2.26. The third-order valence-electron chi connectivity index (χ3n) is 3.61. The number of carbonyl (C=O) groups excluding carboxylic acids is 1. The number of benzene rings is 1. The highest BCUT2D eigenvalue weighted by molar-refractivity contribution is 8.00. The zero-order valence-corrected chi connectivity index (χ0v) is 11.0. The Morgan fingerprint density at radius 2 is 2.33 bits per heavy atom. The summed E-state index contributed by atoms with van der Waals surface area (Å²) in [7, 11) is 0. The molecule has 0 saturated heterocycles. The summed E-state index contributed by atoms with van der Waals surface area (Å²) >= 11 is 1.59. The Morgan fingerprint density at radius 3 is 3.00 bits per heavy atom. The molecule has 2 aliphatic rings. The van der Waals surface area contributed by atoms with Gasteiger partial charge in [0.1, 0.15) is 0 Å². The minimum atomic E-state index is -0.132. The SMILES string of the molecule is CC1Sc2ccc(CC3(C#N)CC3)cc2NC1=O. The Balaban J connectivity index is 1.86. The van der Waals surface area contributed by atoms with E-state index in [-0.39, 0.29) is 16.6 Å². The largest absolute Gasteiger partial charge is 0.324 e. The van der Waals surface area contributed by atoms with E-state index in [1.165, 1.54) is 0 Å². The van der Waals surface area contributed by atoms with Gasteiger partial charge in [0, 0.05) is 4.90 Å². The van der Waals surface area contributed by atoms with Gasteiger partial charge in [-0.1, -0.05) is 6.07 Å². The first-order valence-electron chi connectivity index (χ1n) is 6.14. The van der Waals surface area contributed by atoms with E-state index >= 15 is 0 Å². The van der Waals surface area contributed by atoms with Crippen molar-refractivity contribution in [2.45, 2.75) is 36.3 Å². The number of carbonyl (C=O) groups is 1. The van der Waals surface area contributed by atoms with Gasteiger partial charge in [-0.3, -0.25) is 4.79 Å². The first kappa shape index (κ1) is 11.6. The molecule has 1 aromatic rings. The van der Waals surface area contributed by atoms with Gasteiger partial charge in [-0.05, 0) is 43.9 Å². The predicted molar refractivity (Wildman–Crippen MR) is 71.4 cm³/mol. The molecule has 1 aliphatic heterocycles. The molecule has 1 amide bonds. The zero-order valence-electron chi connectivity index (χ0n) is 10.2. The molecular weight excluding hydrogens is 244 g/mol. The molecule has 1 fully saturated rings. The van der Waals surface area contributed by atoms with E-state index in [1.807, 2.05) is 13.0 Å². The number of anilines is 1. The second kappa shape index (κ2) is 4.03. The molecule has 1 aromatic carbocycles. The fraction of sp³-hybridized carbons (Fsp3) is 0.429. The lowest BCUT2D eigenvalue weighted by Gasteiger charge is -2.22. The molecule has 1 unspecified atom stereocenters. The van der Waals surface area contributed by atoms with Crippen LogP contribution in [-0.2, 0) is 11.2 Å². The van der Waals surface area contributed by atoms with Crippen LogP contribution in [-0.4, -0.2) is 11.2 Å². The maximum absolute atomic E-state index is 11.6. The summed E-state index contributed by atoms with van der Waals surface area (Å²) in [5.74, 6) is 0.0612. The van der Waals surface area contributed by atoms with Crippen LogP contribution in [0.4, 0.5) is 5.69 Å². The monoisotopic (exact) mass is 258 g/mol. The van der Waals surface area contributed by atoms with Crippen LogP contribution in [0, 0.1) is 16.7 Å². The number of fused-ring (bicyclic) bond motifs is 1. The number of hydrogen-bond donors (Lipinski definition) is 1. The van der Waals surface area contributed by atoms with Crippen LogP contribution in [0.15, 0.2) is 23.1 Å². The highest BCUT2D eigenvalue weighted by Gasteiger charge is 2.43. The normalized spacial score (nSPS) is 23.8. The summed E-state index contributed by atoms with van der Waals surface area (Å²) in [6.45, 7) is 1.91. The maximum Gasteiger partial charge on any atom is 0.237 e. The summed E-state index contributed by atoms with van der Waals surface area (Å²) < 4.78 is 0. The third-order valence-corrected chi connectivity index (χ3v) is 4.79. The van der Waals surface area contributed by atoms with E-state index in [2.05, 4.69) is 23.5 Å². The van der Waals surface area contributed by atoms with Gasteiger partial charge in [0.15, 0.2) is 0 Å². The van der Waals surface area contributed by atoms with Gasteiger partial charge < -0.3 is 5.32 Å². The van der Waals surface area contributed by atoms with Gasteiger partial charge >= 0.3 is 0 Å². The standard InChI is InChI=1S/C14H14N2OS/c1-9-13(17)16-11-6-10(2-3-12(11)18-9)7-14(8-15)4-5-14/h2-3,6,9H,4-5,7H2,1H3,(H,16,17). The van der Waals surface area contributed by atoms with E-state index in [0.29, 0.717) is 0 Å². The number of hydrogen-bond acceptors (Lipinski definition) is 3. The number of rotatable bonds is 2. The van der Waals surface area contributed by atoms with Crippen molar-refractivity contribution in [3.05, 3.63) is 23.8 Å². The molecule has 3 rings (SSSR count).